The molecule has 2 heterocycles. The van der Waals surface area contributed by atoms with Crippen molar-refractivity contribution in [3.63, 3.8) is 0 Å². The molecular formula is C17H16N4O2S2. The Labute approximate surface area is 153 Å². The molecule has 0 fully saturated rings. The SMILES string of the molecule is Cc1c(NC(=S)NC(=O)c2cccs2)c(=O)n(-c2ccccc2)n1C. The molecule has 2 N–H and O–H groups in total. The first-order valence-corrected chi connectivity index (χ1v) is 8.77. The number of amides is 1. The standard InChI is InChI=1S/C17H16N4O2S2/c1-11-14(18-17(24)19-15(22)13-9-6-10-25-13)16(23)21(20(11)2)12-7-4-3-5-8-12/h3-10H,1-2H3,(H2,18,19,22,24). The van der Waals surface area contributed by atoms with E-state index in [-0.39, 0.29) is 16.6 Å². The van der Waals surface area contributed by atoms with Crippen molar-refractivity contribution >= 4 is 40.3 Å². The largest absolute Gasteiger partial charge is 0.326 e. The lowest BCUT2D eigenvalue weighted by Gasteiger charge is -2.08. The van der Waals surface area contributed by atoms with Crippen molar-refractivity contribution in [1.29, 1.82) is 0 Å². The number of carbonyl (C=O) groups excluding carboxylic acids is 1. The molecule has 0 aliphatic heterocycles. The summed E-state index contributed by atoms with van der Waals surface area (Å²) in [5, 5.41) is 7.34. The van der Waals surface area contributed by atoms with Crippen LogP contribution in [-0.2, 0) is 7.05 Å². The van der Waals surface area contributed by atoms with Crippen molar-refractivity contribution < 1.29 is 4.79 Å². The third kappa shape index (κ3) is 3.40. The van der Waals surface area contributed by atoms with Crippen LogP contribution in [0.25, 0.3) is 5.69 Å². The van der Waals surface area contributed by atoms with Crippen LogP contribution < -0.4 is 16.2 Å². The van der Waals surface area contributed by atoms with Crippen molar-refractivity contribution in [3.8, 4) is 5.69 Å². The molecule has 6 nitrogen and oxygen atoms in total. The number of para-hydroxylation sites is 1. The van der Waals surface area contributed by atoms with E-state index in [0.29, 0.717) is 16.3 Å². The number of hydrogen-bond donors (Lipinski definition) is 2. The number of thiocarbonyl (C=S) groups is 1. The molecule has 0 aliphatic carbocycles. The fourth-order valence-corrected chi connectivity index (χ4v) is 3.24. The molecule has 25 heavy (non-hydrogen) atoms. The number of nitrogens with zero attached hydrogens (tertiary/aromatic N) is 2. The minimum atomic E-state index is -0.301. The van der Waals surface area contributed by atoms with Crippen LogP contribution in [0, 0.1) is 6.92 Å². The van der Waals surface area contributed by atoms with E-state index >= 15 is 0 Å². The second-order valence-electron chi connectivity index (χ2n) is 5.32. The van der Waals surface area contributed by atoms with Gasteiger partial charge in [0.1, 0.15) is 5.69 Å². The molecule has 0 spiro atoms. The highest BCUT2D eigenvalue weighted by Gasteiger charge is 2.18. The molecule has 0 saturated carbocycles. The third-order valence-electron chi connectivity index (χ3n) is 3.76. The summed E-state index contributed by atoms with van der Waals surface area (Å²) in [5.41, 5.74) is 1.56. The van der Waals surface area contributed by atoms with Crippen molar-refractivity contribution in [3.05, 3.63) is 68.8 Å². The lowest BCUT2D eigenvalue weighted by molar-refractivity contribution is 0.0981. The normalized spacial score (nSPS) is 10.5. The zero-order valence-electron chi connectivity index (χ0n) is 13.6. The summed E-state index contributed by atoms with van der Waals surface area (Å²) < 4.78 is 3.28. The number of carbonyl (C=O) groups is 1. The Bertz CT molecular complexity index is 972. The monoisotopic (exact) mass is 372 g/mol. The molecule has 0 saturated heterocycles. The number of thiophene rings is 1. The molecule has 128 valence electrons. The summed E-state index contributed by atoms with van der Waals surface area (Å²) in [6, 6.07) is 12.8. The average molecular weight is 372 g/mol. The second-order valence-corrected chi connectivity index (χ2v) is 6.68. The van der Waals surface area contributed by atoms with E-state index in [2.05, 4.69) is 10.6 Å². The van der Waals surface area contributed by atoms with Crippen molar-refractivity contribution in [1.82, 2.24) is 14.7 Å². The lowest BCUT2D eigenvalue weighted by Crippen LogP contribution is -2.35. The van der Waals surface area contributed by atoms with Gasteiger partial charge in [-0.05, 0) is 42.7 Å². The Morgan fingerprint density at radius 1 is 1.16 bits per heavy atom. The average Bonchev–Trinajstić information content (AvgIpc) is 3.20. The van der Waals surface area contributed by atoms with E-state index in [4.69, 9.17) is 12.2 Å². The molecule has 0 unspecified atom stereocenters. The molecule has 3 rings (SSSR count). The van der Waals surface area contributed by atoms with E-state index in [1.54, 1.807) is 28.5 Å². The predicted octanol–water partition coefficient (Wildman–Crippen LogP) is 2.67. The van der Waals surface area contributed by atoms with Crippen LogP contribution in [0.15, 0.2) is 52.6 Å². The smallest absolute Gasteiger partial charge is 0.295 e. The fraction of sp³-hybridized carbons (Fsp3) is 0.118. The lowest BCUT2D eigenvalue weighted by atomic mass is 10.3. The van der Waals surface area contributed by atoms with Crippen LogP contribution in [0.3, 0.4) is 0 Å². The van der Waals surface area contributed by atoms with Gasteiger partial charge in [-0.2, -0.15) is 0 Å². The molecule has 0 radical (unpaired) electrons. The summed E-state index contributed by atoms with van der Waals surface area (Å²) in [6.07, 6.45) is 0. The van der Waals surface area contributed by atoms with Gasteiger partial charge in [-0.1, -0.05) is 24.3 Å². The fourth-order valence-electron chi connectivity index (χ4n) is 2.43. The van der Waals surface area contributed by atoms with Gasteiger partial charge in [-0.3, -0.25) is 19.6 Å². The van der Waals surface area contributed by atoms with Gasteiger partial charge in [-0.25, -0.2) is 4.68 Å². The summed E-state index contributed by atoms with van der Waals surface area (Å²) in [5.74, 6) is -0.301. The van der Waals surface area contributed by atoms with Gasteiger partial charge in [0.15, 0.2) is 5.11 Å². The Morgan fingerprint density at radius 2 is 1.88 bits per heavy atom. The summed E-state index contributed by atoms with van der Waals surface area (Å²) in [6.45, 7) is 1.81. The highest BCUT2D eigenvalue weighted by atomic mass is 32.1. The third-order valence-corrected chi connectivity index (χ3v) is 4.84. The minimum Gasteiger partial charge on any atom is -0.326 e. The number of benzene rings is 1. The van der Waals surface area contributed by atoms with Crippen LogP contribution >= 0.6 is 23.6 Å². The predicted molar refractivity (Wildman–Crippen MR) is 104 cm³/mol. The van der Waals surface area contributed by atoms with Gasteiger partial charge in [0.2, 0.25) is 0 Å². The van der Waals surface area contributed by atoms with Crippen LogP contribution in [0.1, 0.15) is 15.4 Å². The minimum absolute atomic E-state index is 0.0874. The van der Waals surface area contributed by atoms with Gasteiger partial charge in [0.25, 0.3) is 11.5 Å². The van der Waals surface area contributed by atoms with Crippen molar-refractivity contribution in [2.45, 2.75) is 6.92 Å². The van der Waals surface area contributed by atoms with Gasteiger partial charge < -0.3 is 5.32 Å². The van der Waals surface area contributed by atoms with Crippen LogP contribution in [0.4, 0.5) is 5.69 Å². The first-order valence-electron chi connectivity index (χ1n) is 7.49. The maximum Gasteiger partial charge on any atom is 0.295 e. The van der Waals surface area contributed by atoms with Crippen LogP contribution in [0.5, 0.6) is 0 Å². The number of rotatable bonds is 3. The number of nitrogens with one attached hydrogen (secondary N) is 2. The van der Waals surface area contributed by atoms with Crippen LogP contribution in [0.2, 0.25) is 0 Å². The Kier molecular flexibility index (Phi) is 4.82. The summed E-state index contributed by atoms with van der Waals surface area (Å²) in [4.78, 5) is 25.4. The highest BCUT2D eigenvalue weighted by molar-refractivity contribution is 7.80. The maximum atomic E-state index is 12.8. The first-order chi connectivity index (χ1) is 12.0. The first kappa shape index (κ1) is 17.1. The number of hydrogen-bond acceptors (Lipinski definition) is 4. The molecule has 1 aromatic carbocycles. The van der Waals surface area contributed by atoms with Gasteiger partial charge >= 0.3 is 0 Å². The summed E-state index contributed by atoms with van der Waals surface area (Å²) in [7, 11) is 1.79. The van der Waals surface area contributed by atoms with E-state index < -0.39 is 0 Å². The zero-order valence-corrected chi connectivity index (χ0v) is 15.3. The molecule has 2 aromatic heterocycles. The van der Waals surface area contributed by atoms with Gasteiger partial charge in [0.05, 0.1) is 16.3 Å². The van der Waals surface area contributed by atoms with Crippen LogP contribution in [-0.4, -0.2) is 20.4 Å². The molecule has 0 aliphatic rings. The molecule has 0 atom stereocenters. The Hall–Kier alpha value is -2.71. The van der Waals surface area contributed by atoms with E-state index in [1.807, 2.05) is 42.6 Å². The summed E-state index contributed by atoms with van der Waals surface area (Å²) >= 11 is 6.50. The molecule has 3 aromatic rings. The van der Waals surface area contributed by atoms with Gasteiger partial charge in [-0.15, -0.1) is 11.3 Å². The van der Waals surface area contributed by atoms with Crippen molar-refractivity contribution in [2.24, 2.45) is 7.05 Å². The quantitative estimate of drug-likeness (QED) is 0.694. The highest BCUT2D eigenvalue weighted by Crippen LogP contribution is 2.14. The Morgan fingerprint density at radius 3 is 2.52 bits per heavy atom. The Balaban J connectivity index is 1.85. The molecule has 1 amide bonds. The number of aromatic nitrogens is 2. The second kappa shape index (κ2) is 7.04. The molecule has 0 bridgehead atoms. The maximum absolute atomic E-state index is 12.8. The van der Waals surface area contributed by atoms with E-state index in [9.17, 15) is 9.59 Å². The van der Waals surface area contributed by atoms with E-state index in [1.165, 1.54) is 11.3 Å². The number of anilines is 1. The van der Waals surface area contributed by atoms with Crippen molar-refractivity contribution in [2.75, 3.05) is 5.32 Å². The zero-order chi connectivity index (χ0) is 18.0. The van der Waals surface area contributed by atoms with E-state index in [0.717, 1.165) is 5.69 Å². The van der Waals surface area contributed by atoms with Gasteiger partial charge in [0, 0.05) is 7.05 Å². The molecular weight excluding hydrogens is 356 g/mol. The topological polar surface area (TPSA) is 68.1 Å². The molecule has 8 heteroatoms.